The van der Waals surface area contributed by atoms with Gasteiger partial charge in [-0.1, -0.05) is 18.5 Å². The summed E-state index contributed by atoms with van der Waals surface area (Å²) in [6, 6.07) is 0. The molecule has 1 aromatic rings. The maximum absolute atomic E-state index is 6.08. The number of aromatic nitrogens is 1. The Morgan fingerprint density at radius 3 is 3.21 bits per heavy atom. The van der Waals surface area contributed by atoms with Gasteiger partial charge < -0.3 is 10.7 Å². The maximum Gasteiger partial charge on any atom is 0.109 e. The van der Waals surface area contributed by atoms with Crippen LogP contribution in [0, 0.1) is 5.92 Å². The molecule has 2 unspecified atom stereocenters. The van der Waals surface area contributed by atoms with E-state index in [1.54, 1.807) is 0 Å². The highest BCUT2D eigenvalue weighted by Gasteiger charge is 2.26. The van der Waals surface area contributed by atoms with Crippen molar-refractivity contribution in [2.75, 3.05) is 6.54 Å². The van der Waals surface area contributed by atoms with E-state index in [9.17, 15) is 0 Å². The van der Waals surface area contributed by atoms with Gasteiger partial charge in [0.25, 0.3) is 0 Å². The van der Waals surface area contributed by atoms with Gasteiger partial charge in [0.2, 0.25) is 0 Å². The fourth-order valence-corrected chi connectivity index (χ4v) is 2.69. The number of hydrogen-bond acceptors (Lipinski definition) is 1. The molecule has 0 saturated carbocycles. The van der Waals surface area contributed by atoms with Crippen LogP contribution in [-0.2, 0) is 6.42 Å². The van der Waals surface area contributed by atoms with E-state index in [1.807, 2.05) is 0 Å². The number of nitrogens with two attached hydrogens (primary N) is 1. The lowest BCUT2D eigenvalue weighted by Crippen LogP contribution is -2.22. The minimum absolute atomic E-state index is 0.556. The van der Waals surface area contributed by atoms with E-state index >= 15 is 0 Å². The molecule has 0 aromatic carbocycles. The first-order chi connectivity index (χ1) is 6.74. The van der Waals surface area contributed by atoms with Crippen molar-refractivity contribution in [3.8, 4) is 0 Å². The summed E-state index contributed by atoms with van der Waals surface area (Å²) in [5.74, 6) is 1.16. The van der Waals surface area contributed by atoms with Crippen molar-refractivity contribution >= 4 is 11.6 Å². The van der Waals surface area contributed by atoms with Crippen LogP contribution in [0.1, 0.15) is 36.8 Å². The van der Waals surface area contributed by atoms with Gasteiger partial charge in [0.15, 0.2) is 0 Å². The highest BCUT2D eigenvalue weighted by molar-refractivity contribution is 6.30. The van der Waals surface area contributed by atoms with E-state index in [0.717, 1.165) is 18.1 Å². The molecule has 2 atom stereocenters. The van der Waals surface area contributed by atoms with Crippen LogP contribution in [0.2, 0.25) is 5.15 Å². The Kier molecular flexibility index (Phi) is 2.84. The van der Waals surface area contributed by atoms with Gasteiger partial charge in [0.1, 0.15) is 5.15 Å². The number of H-pyrrole nitrogens is 1. The lowest BCUT2D eigenvalue weighted by molar-refractivity contribution is 0.415. The molecule has 0 radical (unpaired) electrons. The van der Waals surface area contributed by atoms with Gasteiger partial charge in [0.05, 0.1) is 0 Å². The zero-order valence-corrected chi connectivity index (χ0v) is 9.27. The van der Waals surface area contributed by atoms with Crippen LogP contribution in [0.25, 0.3) is 0 Å². The summed E-state index contributed by atoms with van der Waals surface area (Å²) < 4.78 is 0. The minimum atomic E-state index is 0.556. The summed E-state index contributed by atoms with van der Waals surface area (Å²) in [5.41, 5.74) is 8.45. The molecule has 2 nitrogen and oxygen atoms in total. The standard InChI is InChI=1S/C11H17ClN2/c1-7(5-13)8-3-2-4-9-10(8)6-14-11(9)12/h6-8,14H,2-5,13H2,1H3. The molecule has 78 valence electrons. The average molecular weight is 213 g/mol. The first kappa shape index (κ1) is 10.1. The van der Waals surface area contributed by atoms with Gasteiger partial charge in [0, 0.05) is 6.20 Å². The summed E-state index contributed by atoms with van der Waals surface area (Å²) in [6.45, 7) is 2.98. The molecule has 0 bridgehead atoms. The molecule has 0 saturated heterocycles. The van der Waals surface area contributed by atoms with Gasteiger partial charge in [-0.05, 0) is 48.8 Å². The van der Waals surface area contributed by atoms with Crippen molar-refractivity contribution in [1.82, 2.24) is 4.98 Å². The fraction of sp³-hybridized carbons (Fsp3) is 0.636. The monoisotopic (exact) mass is 212 g/mol. The van der Waals surface area contributed by atoms with Crippen molar-refractivity contribution in [2.45, 2.75) is 32.1 Å². The van der Waals surface area contributed by atoms with E-state index in [2.05, 4.69) is 18.1 Å². The van der Waals surface area contributed by atoms with Crippen molar-refractivity contribution in [3.05, 3.63) is 22.5 Å². The van der Waals surface area contributed by atoms with Gasteiger partial charge in [-0.3, -0.25) is 0 Å². The van der Waals surface area contributed by atoms with E-state index < -0.39 is 0 Å². The molecule has 14 heavy (non-hydrogen) atoms. The van der Waals surface area contributed by atoms with Crippen LogP contribution in [0.3, 0.4) is 0 Å². The summed E-state index contributed by atoms with van der Waals surface area (Å²) in [5, 5.41) is 0.828. The third-order valence-electron chi connectivity index (χ3n) is 3.37. The fourth-order valence-electron chi connectivity index (χ4n) is 2.44. The summed E-state index contributed by atoms with van der Waals surface area (Å²) >= 11 is 6.08. The average Bonchev–Trinajstić information content (AvgIpc) is 2.59. The summed E-state index contributed by atoms with van der Waals surface area (Å²) in [6.07, 6.45) is 5.66. The predicted octanol–water partition coefficient (Wildman–Crippen LogP) is 2.68. The highest BCUT2D eigenvalue weighted by atomic mass is 35.5. The number of rotatable bonds is 2. The van der Waals surface area contributed by atoms with Gasteiger partial charge in [-0.25, -0.2) is 0 Å². The van der Waals surface area contributed by atoms with E-state index in [4.69, 9.17) is 17.3 Å². The Labute approximate surface area is 89.8 Å². The van der Waals surface area contributed by atoms with Crippen molar-refractivity contribution in [1.29, 1.82) is 0 Å². The summed E-state index contributed by atoms with van der Waals surface area (Å²) in [4.78, 5) is 3.11. The molecular weight excluding hydrogens is 196 g/mol. The number of hydrogen-bond donors (Lipinski definition) is 2. The normalized spacial score (nSPS) is 23.2. The number of fused-ring (bicyclic) bond motifs is 1. The third kappa shape index (κ3) is 1.57. The number of aromatic amines is 1. The zero-order chi connectivity index (χ0) is 10.1. The van der Waals surface area contributed by atoms with Crippen LogP contribution in [0.4, 0.5) is 0 Å². The molecule has 1 heterocycles. The van der Waals surface area contributed by atoms with E-state index in [0.29, 0.717) is 11.8 Å². The predicted molar refractivity (Wildman–Crippen MR) is 59.7 cm³/mol. The molecule has 0 aliphatic heterocycles. The first-order valence-electron chi connectivity index (χ1n) is 5.29. The SMILES string of the molecule is CC(CN)C1CCCc2c1c[nH]c2Cl. The molecule has 0 spiro atoms. The second kappa shape index (κ2) is 3.95. The molecule has 0 amide bonds. The topological polar surface area (TPSA) is 41.8 Å². The van der Waals surface area contributed by atoms with Crippen LogP contribution in [-0.4, -0.2) is 11.5 Å². The van der Waals surface area contributed by atoms with Gasteiger partial charge in [-0.15, -0.1) is 0 Å². The molecular formula is C11H17ClN2. The van der Waals surface area contributed by atoms with Crippen molar-refractivity contribution in [3.63, 3.8) is 0 Å². The van der Waals surface area contributed by atoms with Crippen LogP contribution >= 0.6 is 11.6 Å². The largest absolute Gasteiger partial charge is 0.352 e. The van der Waals surface area contributed by atoms with Gasteiger partial charge in [-0.2, -0.15) is 0 Å². The third-order valence-corrected chi connectivity index (χ3v) is 3.71. The van der Waals surface area contributed by atoms with E-state index in [1.165, 1.54) is 24.0 Å². The molecule has 2 rings (SSSR count). The second-order valence-corrected chi connectivity index (χ2v) is 4.63. The molecule has 1 aliphatic rings. The lowest BCUT2D eigenvalue weighted by Gasteiger charge is -2.27. The summed E-state index contributed by atoms with van der Waals surface area (Å²) in [7, 11) is 0. The smallest absolute Gasteiger partial charge is 0.109 e. The molecule has 1 aromatic heterocycles. The molecule has 3 N–H and O–H groups in total. The Morgan fingerprint density at radius 2 is 2.50 bits per heavy atom. The van der Waals surface area contributed by atoms with E-state index in [-0.39, 0.29) is 0 Å². The quantitative estimate of drug-likeness (QED) is 0.778. The van der Waals surface area contributed by atoms with Gasteiger partial charge >= 0.3 is 0 Å². The minimum Gasteiger partial charge on any atom is -0.352 e. The van der Waals surface area contributed by atoms with Crippen molar-refractivity contribution in [2.24, 2.45) is 11.7 Å². The number of halogens is 1. The Morgan fingerprint density at radius 1 is 1.71 bits per heavy atom. The van der Waals surface area contributed by atoms with Crippen LogP contribution < -0.4 is 5.73 Å². The van der Waals surface area contributed by atoms with Crippen LogP contribution in [0.5, 0.6) is 0 Å². The Balaban J connectivity index is 2.31. The van der Waals surface area contributed by atoms with Crippen LogP contribution in [0.15, 0.2) is 6.20 Å². The zero-order valence-electron chi connectivity index (χ0n) is 8.52. The lowest BCUT2D eigenvalue weighted by atomic mass is 9.78. The first-order valence-corrected chi connectivity index (χ1v) is 5.67. The Bertz CT molecular complexity index is 319. The Hall–Kier alpha value is -0.470. The molecule has 0 fully saturated rings. The maximum atomic E-state index is 6.08. The van der Waals surface area contributed by atoms with Crippen molar-refractivity contribution < 1.29 is 0 Å². The second-order valence-electron chi connectivity index (χ2n) is 4.25. The number of nitrogens with one attached hydrogen (secondary N) is 1. The molecule has 3 heteroatoms. The molecule has 1 aliphatic carbocycles. The highest BCUT2D eigenvalue weighted by Crippen LogP contribution is 2.39.